The van der Waals surface area contributed by atoms with Crippen molar-refractivity contribution in [2.24, 2.45) is 0 Å². The Kier molecular flexibility index (Phi) is 4.71. The average Bonchev–Trinajstić information content (AvgIpc) is 3.03. The van der Waals surface area contributed by atoms with E-state index in [0.717, 1.165) is 17.7 Å². The first-order chi connectivity index (χ1) is 11.2. The van der Waals surface area contributed by atoms with Crippen LogP contribution in [0.3, 0.4) is 0 Å². The molecule has 1 unspecified atom stereocenters. The molecule has 0 spiro atoms. The van der Waals surface area contributed by atoms with Crippen LogP contribution in [0, 0.1) is 6.92 Å². The molecule has 0 radical (unpaired) electrons. The van der Waals surface area contributed by atoms with Gasteiger partial charge in [0.1, 0.15) is 11.9 Å². The highest BCUT2D eigenvalue weighted by atomic mass is 16.5. The van der Waals surface area contributed by atoms with Crippen molar-refractivity contribution in [3.05, 3.63) is 48.2 Å². The number of aromatic nitrogens is 2. The minimum absolute atomic E-state index is 0.0292. The van der Waals surface area contributed by atoms with Gasteiger partial charge in [0.2, 0.25) is 5.88 Å². The molecule has 2 aromatic rings. The van der Waals surface area contributed by atoms with Gasteiger partial charge in [-0.3, -0.25) is 4.79 Å². The van der Waals surface area contributed by atoms with Gasteiger partial charge in [-0.25, -0.2) is 0 Å². The largest absolute Gasteiger partial charge is 0.484 e. The van der Waals surface area contributed by atoms with E-state index in [9.17, 15) is 4.79 Å². The lowest BCUT2D eigenvalue weighted by Gasteiger charge is -2.17. The number of aryl methyl sites for hydroxylation is 1. The van der Waals surface area contributed by atoms with Crippen molar-refractivity contribution in [2.75, 3.05) is 19.7 Å². The van der Waals surface area contributed by atoms with Crippen LogP contribution in [-0.4, -0.2) is 46.8 Å². The Balaban J connectivity index is 1.49. The summed E-state index contributed by atoms with van der Waals surface area (Å²) >= 11 is 0. The number of amides is 1. The van der Waals surface area contributed by atoms with E-state index in [1.165, 1.54) is 0 Å². The highest BCUT2D eigenvalue weighted by molar-refractivity contribution is 5.78. The molecule has 1 aromatic carbocycles. The van der Waals surface area contributed by atoms with Crippen molar-refractivity contribution >= 4 is 5.91 Å². The predicted octanol–water partition coefficient (Wildman–Crippen LogP) is 1.84. The van der Waals surface area contributed by atoms with Crippen molar-refractivity contribution in [3.63, 3.8) is 0 Å². The van der Waals surface area contributed by atoms with Gasteiger partial charge in [-0.05, 0) is 24.6 Å². The van der Waals surface area contributed by atoms with Crippen molar-refractivity contribution in [1.82, 2.24) is 15.1 Å². The van der Waals surface area contributed by atoms with Gasteiger partial charge in [0.05, 0.1) is 6.54 Å². The quantitative estimate of drug-likeness (QED) is 0.843. The zero-order valence-corrected chi connectivity index (χ0v) is 13.0. The molecular formula is C17H19N3O3. The smallest absolute Gasteiger partial charge is 0.260 e. The van der Waals surface area contributed by atoms with Crippen LogP contribution < -0.4 is 9.47 Å². The van der Waals surface area contributed by atoms with Crippen LogP contribution in [0.2, 0.25) is 0 Å². The molecule has 2 heterocycles. The Hall–Kier alpha value is -2.63. The van der Waals surface area contributed by atoms with Crippen LogP contribution in [0.1, 0.15) is 12.0 Å². The van der Waals surface area contributed by atoms with Crippen LogP contribution >= 0.6 is 0 Å². The van der Waals surface area contributed by atoms with Gasteiger partial charge in [0.25, 0.3) is 5.91 Å². The van der Waals surface area contributed by atoms with E-state index >= 15 is 0 Å². The molecule has 3 rings (SSSR count). The number of benzene rings is 1. The van der Waals surface area contributed by atoms with Crippen LogP contribution in [-0.2, 0) is 4.79 Å². The number of hydrogen-bond donors (Lipinski definition) is 0. The highest BCUT2D eigenvalue weighted by Gasteiger charge is 2.28. The third kappa shape index (κ3) is 3.97. The molecule has 6 nitrogen and oxygen atoms in total. The monoisotopic (exact) mass is 313 g/mol. The van der Waals surface area contributed by atoms with Crippen LogP contribution in [0.4, 0.5) is 0 Å². The van der Waals surface area contributed by atoms with Gasteiger partial charge in [-0.1, -0.05) is 18.2 Å². The molecule has 0 saturated carbocycles. The number of nitrogens with zero attached hydrogens (tertiary/aromatic N) is 3. The summed E-state index contributed by atoms with van der Waals surface area (Å²) in [4.78, 5) is 14.0. The molecule has 0 N–H and O–H groups in total. The third-order valence-electron chi connectivity index (χ3n) is 3.78. The number of carbonyl (C=O) groups excluding carboxylic acids is 1. The summed E-state index contributed by atoms with van der Waals surface area (Å²) in [7, 11) is 0. The van der Waals surface area contributed by atoms with Crippen LogP contribution in [0.15, 0.2) is 42.6 Å². The van der Waals surface area contributed by atoms with E-state index in [-0.39, 0.29) is 18.6 Å². The minimum Gasteiger partial charge on any atom is -0.484 e. The lowest BCUT2D eigenvalue weighted by atomic mass is 10.2. The Morgan fingerprint density at radius 2 is 2.17 bits per heavy atom. The number of para-hydroxylation sites is 1. The summed E-state index contributed by atoms with van der Waals surface area (Å²) in [6.07, 6.45) is 2.33. The van der Waals surface area contributed by atoms with Gasteiger partial charge >= 0.3 is 0 Å². The van der Waals surface area contributed by atoms with Gasteiger partial charge < -0.3 is 14.4 Å². The average molecular weight is 313 g/mol. The summed E-state index contributed by atoms with van der Waals surface area (Å²) in [6, 6.07) is 11.2. The summed E-state index contributed by atoms with van der Waals surface area (Å²) in [6.45, 7) is 3.22. The fourth-order valence-corrected chi connectivity index (χ4v) is 2.52. The van der Waals surface area contributed by atoms with E-state index in [1.54, 1.807) is 23.2 Å². The van der Waals surface area contributed by atoms with E-state index in [2.05, 4.69) is 10.2 Å². The lowest BCUT2D eigenvalue weighted by molar-refractivity contribution is -0.132. The molecular weight excluding hydrogens is 294 g/mol. The first kappa shape index (κ1) is 15.3. The Morgan fingerprint density at radius 3 is 2.96 bits per heavy atom. The Bertz CT molecular complexity index is 663. The molecule has 120 valence electrons. The molecule has 23 heavy (non-hydrogen) atoms. The summed E-state index contributed by atoms with van der Waals surface area (Å²) in [5.74, 6) is 1.20. The molecule has 0 bridgehead atoms. The van der Waals surface area contributed by atoms with E-state index in [4.69, 9.17) is 9.47 Å². The zero-order valence-electron chi connectivity index (χ0n) is 13.0. The Labute approximate surface area is 135 Å². The minimum atomic E-state index is -0.0471. The van der Waals surface area contributed by atoms with Crippen LogP contribution in [0.25, 0.3) is 0 Å². The van der Waals surface area contributed by atoms with E-state index in [1.807, 2.05) is 31.2 Å². The van der Waals surface area contributed by atoms with Gasteiger partial charge in [0, 0.05) is 25.2 Å². The van der Waals surface area contributed by atoms with Crippen molar-refractivity contribution in [3.8, 4) is 11.6 Å². The predicted molar refractivity (Wildman–Crippen MR) is 84.3 cm³/mol. The Morgan fingerprint density at radius 1 is 1.30 bits per heavy atom. The van der Waals surface area contributed by atoms with Gasteiger partial charge in [-0.2, -0.15) is 5.10 Å². The maximum Gasteiger partial charge on any atom is 0.260 e. The second kappa shape index (κ2) is 7.09. The number of carbonyl (C=O) groups is 1. The zero-order chi connectivity index (χ0) is 16.1. The fourth-order valence-electron chi connectivity index (χ4n) is 2.52. The van der Waals surface area contributed by atoms with Crippen molar-refractivity contribution in [2.45, 2.75) is 19.4 Å². The summed E-state index contributed by atoms with van der Waals surface area (Å²) in [5.41, 5.74) is 1.02. The lowest BCUT2D eigenvalue weighted by Crippen LogP contribution is -2.34. The first-order valence-electron chi connectivity index (χ1n) is 7.63. The van der Waals surface area contributed by atoms with E-state index in [0.29, 0.717) is 19.0 Å². The summed E-state index contributed by atoms with van der Waals surface area (Å²) < 4.78 is 11.3. The molecule has 1 aromatic heterocycles. The maximum absolute atomic E-state index is 12.2. The van der Waals surface area contributed by atoms with Crippen molar-refractivity contribution < 1.29 is 14.3 Å². The topological polar surface area (TPSA) is 64.5 Å². The molecule has 1 saturated heterocycles. The molecule has 1 atom stereocenters. The molecule has 1 aliphatic rings. The number of likely N-dealkylation sites (tertiary alicyclic amines) is 1. The number of hydrogen-bond acceptors (Lipinski definition) is 5. The molecule has 1 fully saturated rings. The van der Waals surface area contributed by atoms with Gasteiger partial charge in [0.15, 0.2) is 6.61 Å². The standard InChI is InChI=1S/C17H19N3O3/c1-13-5-2-3-6-15(13)22-12-17(21)20-10-8-14(11-20)23-16-7-4-9-18-19-16/h2-7,9,14H,8,10-12H2,1H3. The summed E-state index contributed by atoms with van der Waals surface area (Å²) in [5, 5.41) is 7.67. The number of rotatable bonds is 5. The maximum atomic E-state index is 12.2. The first-order valence-corrected chi connectivity index (χ1v) is 7.63. The highest BCUT2D eigenvalue weighted by Crippen LogP contribution is 2.18. The molecule has 6 heteroatoms. The SMILES string of the molecule is Cc1ccccc1OCC(=O)N1CCC(Oc2cccnn2)C1. The van der Waals surface area contributed by atoms with E-state index < -0.39 is 0 Å². The van der Waals surface area contributed by atoms with Crippen molar-refractivity contribution in [1.29, 1.82) is 0 Å². The molecule has 0 aliphatic carbocycles. The number of ether oxygens (including phenoxy) is 2. The fraction of sp³-hybridized carbons (Fsp3) is 0.353. The normalized spacial score (nSPS) is 17.1. The molecule has 1 amide bonds. The third-order valence-corrected chi connectivity index (χ3v) is 3.78. The second-order valence-electron chi connectivity index (χ2n) is 5.48. The second-order valence-corrected chi connectivity index (χ2v) is 5.48. The van der Waals surface area contributed by atoms with Crippen LogP contribution in [0.5, 0.6) is 11.6 Å². The molecule has 1 aliphatic heterocycles. The van der Waals surface area contributed by atoms with Gasteiger partial charge in [-0.15, -0.1) is 5.10 Å².